The van der Waals surface area contributed by atoms with Crippen molar-refractivity contribution in [1.29, 1.82) is 0 Å². The molecule has 0 radical (unpaired) electrons. The lowest BCUT2D eigenvalue weighted by molar-refractivity contribution is -0.379. The highest BCUT2D eigenvalue weighted by atomic mass is 16.8. The van der Waals surface area contributed by atoms with E-state index in [1.54, 1.807) is 6.08 Å². The molecule has 1 amide bonds. The van der Waals surface area contributed by atoms with Gasteiger partial charge in [-0.3, -0.25) is 4.79 Å². The van der Waals surface area contributed by atoms with Gasteiger partial charge in [0, 0.05) is 6.42 Å². The standard InChI is InChI=1S/C94H153NO18/c1-3-5-7-9-11-13-15-17-19-21-23-25-27-29-31-32-33-34-35-36-37-38-39-40-41-42-43-44-46-48-50-52-54-56-58-60-62-64-66-68-70-72-82(100)95-77(78(99)71-69-67-65-63-61-59-57-55-53-51-49-47-45-30-28-26-24-22-20-18-16-14-12-10-8-6-4-2)76-108-92-88(106)85(103)90(80(74-97)110-92)113-94-89(107)86(104)91(81(75-98)111-94)112-93-87(105)84(102)83(101)79(73-96)109-93/h5,7,11,13,17,19,23,25,29,31,33-34,36-37,39-40,42-43,46,48,52-55,58,60-61,63,69,71,77-81,83-94,96-99,101-107H,3-4,6,8-10,12,14-16,18,20-22,24,26-28,30,32,35,38,41,44-45,47,49-51,56-57,59,62,64-68,70,72-76H2,1-2H3,(H,95,100)/b7-5-,13-11-,19-17-,25-23-,31-29-,34-33-,37-36-,40-39-,43-42-,48-46-,54-52-,55-53+,60-58-,63-61+,71-69+. The minimum absolute atomic E-state index is 0.190. The number of aliphatic hydroxyl groups is 11. The first-order valence-electron chi connectivity index (χ1n) is 43.5. The number of nitrogens with one attached hydrogen (secondary N) is 1. The smallest absolute Gasteiger partial charge is 0.220 e. The number of carbonyl (C=O) groups excluding carboxylic acids is 1. The van der Waals surface area contributed by atoms with Crippen molar-refractivity contribution < 1.29 is 89.4 Å². The highest BCUT2D eigenvalue weighted by Gasteiger charge is 2.54. The Morgan fingerprint density at radius 3 is 0.991 bits per heavy atom. The zero-order chi connectivity index (χ0) is 81.7. The predicted molar refractivity (Wildman–Crippen MR) is 456 cm³/mol. The van der Waals surface area contributed by atoms with Gasteiger partial charge in [0.1, 0.15) is 73.2 Å². The summed E-state index contributed by atoms with van der Waals surface area (Å²) in [6.45, 7) is 1.58. The zero-order valence-corrected chi connectivity index (χ0v) is 69.0. The van der Waals surface area contributed by atoms with Crippen LogP contribution < -0.4 is 5.32 Å². The van der Waals surface area contributed by atoms with Gasteiger partial charge >= 0.3 is 0 Å². The molecule has 0 bridgehead atoms. The van der Waals surface area contributed by atoms with Crippen LogP contribution in [0.25, 0.3) is 0 Å². The average Bonchev–Trinajstić information content (AvgIpc) is 0.777. The fourth-order valence-corrected chi connectivity index (χ4v) is 13.3. The molecule has 0 aromatic rings. The Kier molecular flexibility index (Phi) is 64.2. The second-order valence-corrected chi connectivity index (χ2v) is 29.9. The van der Waals surface area contributed by atoms with Gasteiger partial charge < -0.3 is 89.9 Å². The van der Waals surface area contributed by atoms with E-state index in [0.717, 1.165) is 128 Å². The normalized spacial score (nSPS) is 25.8. The SMILES string of the molecule is CC/C=C\C/C=C\C/C=C\C/C=C\C/C=C\C/C=C\C/C=C\C/C=C\C/C=C\C/C=C\C/C=C\C/C=C\CCCCCCC(=O)NC(COC1OC(CO)C(OC2OC(CO)C(OC3OC(CO)C(O)C(O)C3O)C(O)C2O)C(O)C1O)C(O)/C=C/CC/C=C/CC/C=C/CCCCCCCCCCCCCCCCCCC. The fourth-order valence-electron chi connectivity index (χ4n) is 13.3. The first-order valence-corrected chi connectivity index (χ1v) is 43.5. The number of hydrogen-bond donors (Lipinski definition) is 12. The Morgan fingerprint density at radius 2 is 0.619 bits per heavy atom. The van der Waals surface area contributed by atoms with Crippen LogP contribution in [0.1, 0.15) is 271 Å². The molecule has 3 aliphatic rings. The second kappa shape index (κ2) is 71.0. The molecule has 19 nitrogen and oxygen atoms in total. The van der Waals surface area contributed by atoms with Gasteiger partial charge in [-0.2, -0.15) is 0 Å². The van der Waals surface area contributed by atoms with Gasteiger partial charge in [-0.1, -0.05) is 312 Å². The summed E-state index contributed by atoms with van der Waals surface area (Å²) < 4.78 is 34.4. The summed E-state index contributed by atoms with van der Waals surface area (Å²) >= 11 is 0. The average molecular weight is 1590 g/mol. The van der Waals surface area contributed by atoms with E-state index in [-0.39, 0.29) is 12.3 Å². The number of rotatable bonds is 67. The van der Waals surface area contributed by atoms with Gasteiger partial charge in [-0.05, 0) is 135 Å². The summed E-state index contributed by atoms with van der Waals surface area (Å²) in [5.74, 6) is -0.320. The summed E-state index contributed by atoms with van der Waals surface area (Å²) in [5.41, 5.74) is 0. The van der Waals surface area contributed by atoms with Gasteiger partial charge in [-0.15, -0.1) is 0 Å². The van der Waals surface area contributed by atoms with Gasteiger partial charge in [0.2, 0.25) is 5.91 Å². The molecule has 3 heterocycles. The molecule has 0 aliphatic carbocycles. The summed E-state index contributed by atoms with van der Waals surface area (Å²) in [7, 11) is 0. The maximum atomic E-state index is 13.5. The molecule has 3 saturated heterocycles. The van der Waals surface area contributed by atoms with Crippen molar-refractivity contribution in [1.82, 2.24) is 5.32 Å². The second-order valence-electron chi connectivity index (χ2n) is 29.9. The third kappa shape index (κ3) is 49.7. The molecule has 3 rings (SSSR count). The molecule has 17 atom stereocenters. The minimum atomic E-state index is -2.00. The number of carbonyl (C=O) groups is 1. The van der Waals surface area contributed by atoms with Crippen LogP contribution >= 0.6 is 0 Å². The van der Waals surface area contributed by atoms with Crippen LogP contribution in [0.4, 0.5) is 0 Å². The van der Waals surface area contributed by atoms with Crippen LogP contribution in [0.2, 0.25) is 0 Å². The van der Waals surface area contributed by atoms with E-state index in [1.165, 1.54) is 109 Å². The molecule has 642 valence electrons. The lowest BCUT2D eigenvalue weighted by Gasteiger charge is -2.48. The topological polar surface area (TPSA) is 307 Å². The van der Waals surface area contributed by atoms with Crippen LogP contribution in [-0.4, -0.2) is 193 Å². The molecular weight excluding hydrogens is 1430 g/mol. The van der Waals surface area contributed by atoms with E-state index < -0.39 is 131 Å². The first kappa shape index (κ1) is 102. The van der Waals surface area contributed by atoms with Crippen molar-refractivity contribution in [2.24, 2.45) is 0 Å². The van der Waals surface area contributed by atoms with Gasteiger partial charge in [0.15, 0.2) is 18.9 Å². The quantitative estimate of drug-likeness (QED) is 0.0199. The van der Waals surface area contributed by atoms with E-state index in [0.29, 0.717) is 12.8 Å². The van der Waals surface area contributed by atoms with Crippen molar-refractivity contribution in [3.05, 3.63) is 182 Å². The van der Waals surface area contributed by atoms with Crippen LogP contribution in [0, 0.1) is 0 Å². The van der Waals surface area contributed by atoms with E-state index in [9.17, 15) is 61.0 Å². The Morgan fingerprint density at radius 1 is 0.327 bits per heavy atom. The summed E-state index contributed by atoms with van der Waals surface area (Å²) in [6, 6.07) is -1.03. The summed E-state index contributed by atoms with van der Waals surface area (Å²) in [6.07, 6.45) is 81.7. The Labute approximate surface area is 680 Å². The van der Waals surface area contributed by atoms with E-state index in [2.05, 4.69) is 189 Å². The summed E-state index contributed by atoms with van der Waals surface area (Å²) in [5, 5.41) is 121. The van der Waals surface area contributed by atoms with Crippen LogP contribution in [0.3, 0.4) is 0 Å². The third-order valence-electron chi connectivity index (χ3n) is 20.2. The van der Waals surface area contributed by atoms with Crippen LogP contribution in [0.5, 0.6) is 0 Å². The molecule has 0 spiro atoms. The number of unbranched alkanes of at least 4 members (excludes halogenated alkanes) is 23. The number of aliphatic hydroxyl groups excluding tert-OH is 11. The van der Waals surface area contributed by atoms with Crippen molar-refractivity contribution in [3.8, 4) is 0 Å². The lowest BCUT2D eigenvalue weighted by atomic mass is 9.96. The molecule has 0 saturated carbocycles. The minimum Gasteiger partial charge on any atom is -0.394 e. The highest BCUT2D eigenvalue weighted by molar-refractivity contribution is 5.76. The van der Waals surface area contributed by atoms with E-state index in [1.807, 2.05) is 6.08 Å². The van der Waals surface area contributed by atoms with Gasteiger partial charge in [0.25, 0.3) is 0 Å². The molecule has 3 fully saturated rings. The lowest BCUT2D eigenvalue weighted by Crippen LogP contribution is -2.66. The Hall–Kier alpha value is -5.11. The van der Waals surface area contributed by atoms with Crippen molar-refractivity contribution in [2.45, 2.75) is 375 Å². The molecule has 12 N–H and O–H groups in total. The number of amides is 1. The number of hydrogen-bond acceptors (Lipinski definition) is 18. The highest BCUT2D eigenvalue weighted by Crippen LogP contribution is 2.33. The number of allylic oxidation sites excluding steroid dienone is 29. The van der Waals surface area contributed by atoms with Gasteiger partial charge in [0.05, 0.1) is 38.6 Å². The molecular formula is C94H153NO18. The Bertz CT molecular complexity index is 2760. The monoisotopic (exact) mass is 1580 g/mol. The third-order valence-corrected chi connectivity index (χ3v) is 20.2. The van der Waals surface area contributed by atoms with Crippen LogP contribution in [-0.2, 0) is 33.2 Å². The van der Waals surface area contributed by atoms with E-state index in [4.69, 9.17) is 28.4 Å². The first-order chi connectivity index (χ1) is 55.3. The largest absolute Gasteiger partial charge is 0.394 e. The van der Waals surface area contributed by atoms with Crippen molar-refractivity contribution in [3.63, 3.8) is 0 Å². The van der Waals surface area contributed by atoms with Gasteiger partial charge in [-0.25, -0.2) is 0 Å². The van der Waals surface area contributed by atoms with Crippen molar-refractivity contribution in [2.75, 3.05) is 26.4 Å². The zero-order valence-electron chi connectivity index (χ0n) is 69.0. The maximum absolute atomic E-state index is 13.5. The summed E-state index contributed by atoms with van der Waals surface area (Å²) in [4.78, 5) is 13.5. The molecule has 3 aliphatic heterocycles. The predicted octanol–water partition coefficient (Wildman–Crippen LogP) is 16.3. The molecule has 0 aromatic heterocycles. The molecule has 17 unspecified atom stereocenters. The van der Waals surface area contributed by atoms with Crippen LogP contribution in [0.15, 0.2) is 182 Å². The Balaban J connectivity index is 1.38. The molecule has 0 aromatic carbocycles. The van der Waals surface area contributed by atoms with E-state index >= 15 is 0 Å². The van der Waals surface area contributed by atoms with Crippen molar-refractivity contribution >= 4 is 5.91 Å². The maximum Gasteiger partial charge on any atom is 0.220 e. The fraction of sp³-hybridized carbons (Fsp3) is 0.670. The number of ether oxygens (including phenoxy) is 6. The molecule has 19 heteroatoms. The molecule has 113 heavy (non-hydrogen) atoms.